The second kappa shape index (κ2) is 8.58. The van der Waals surface area contributed by atoms with E-state index in [-0.39, 0.29) is 24.0 Å². The van der Waals surface area contributed by atoms with E-state index in [4.69, 9.17) is 9.72 Å². The first-order valence-electron chi connectivity index (χ1n) is 11.3. The predicted octanol–water partition coefficient (Wildman–Crippen LogP) is 4.21. The van der Waals surface area contributed by atoms with Gasteiger partial charge in [0, 0.05) is 24.4 Å². The van der Waals surface area contributed by atoms with Crippen LogP contribution in [-0.4, -0.2) is 50.3 Å². The van der Waals surface area contributed by atoms with Gasteiger partial charge in [0.25, 0.3) is 0 Å². The number of amides is 1. The minimum atomic E-state index is -0.705. The lowest BCUT2D eigenvalue weighted by molar-refractivity contribution is -0.131. The van der Waals surface area contributed by atoms with Crippen LogP contribution in [0.3, 0.4) is 0 Å². The fourth-order valence-corrected chi connectivity index (χ4v) is 4.39. The molecule has 2 unspecified atom stereocenters. The molecule has 2 heterocycles. The van der Waals surface area contributed by atoms with E-state index in [9.17, 15) is 9.90 Å². The molecule has 2 aromatic carbocycles. The lowest BCUT2D eigenvalue weighted by Gasteiger charge is -2.32. The van der Waals surface area contributed by atoms with E-state index in [0.717, 1.165) is 28.2 Å². The summed E-state index contributed by atoms with van der Waals surface area (Å²) in [5.74, 6) is 1.77. The number of ether oxygens (including phenoxy) is 1. The molecule has 6 nitrogen and oxygen atoms in total. The van der Waals surface area contributed by atoms with Gasteiger partial charge < -0.3 is 19.3 Å². The summed E-state index contributed by atoms with van der Waals surface area (Å²) in [6.07, 6.45) is -0.265. The highest BCUT2D eigenvalue weighted by Crippen LogP contribution is 2.34. The Hall–Kier alpha value is -2.86. The molecule has 1 N–H and O–H groups in total. The van der Waals surface area contributed by atoms with E-state index in [2.05, 4.69) is 32.3 Å². The molecule has 1 amide bonds. The molecule has 0 bridgehead atoms. The molecule has 1 aliphatic heterocycles. The summed E-state index contributed by atoms with van der Waals surface area (Å²) in [6, 6.07) is 13.9. The number of carbonyl (C=O) groups excluding carboxylic acids is 1. The number of carbonyl (C=O) groups is 1. The second-order valence-corrected chi connectivity index (χ2v) is 9.86. The summed E-state index contributed by atoms with van der Waals surface area (Å²) in [5.41, 5.74) is 4.00. The molecule has 0 radical (unpaired) electrons. The molecule has 0 spiro atoms. The molecule has 6 heteroatoms. The Balaban J connectivity index is 1.55. The number of fused-ring (bicyclic) bond motifs is 1. The molecule has 3 aromatic rings. The van der Waals surface area contributed by atoms with Gasteiger partial charge in [-0.15, -0.1) is 0 Å². The molecule has 170 valence electrons. The fraction of sp³-hybridized carbons (Fsp3) is 0.462. The average molecular weight is 436 g/mol. The van der Waals surface area contributed by atoms with Crippen LogP contribution in [0.1, 0.15) is 50.1 Å². The highest BCUT2D eigenvalue weighted by atomic mass is 16.5. The standard InChI is InChI=1S/C26H33N3O3/c1-17-10-11-21(12-18(17)2)32-16-20(30)15-28-23-9-7-6-8-22(23)27-25(28)19-13-24(31)29(14-19)26(3,4)5/h6-12,19-20,30H,13-16H2,1-5H3. The number of aliphatic hydroxyl groups excluding tert-OH is 1. The number of likely N-dealkylation sites (tertiary alicyclic amines) is 1. The molecule has 1 fully saturated rings. The van der Waals surface area contributed by atoms with Crippen LogP contribution in [0.25, 0.3) is 11.0 Å². The lowest BCUT2D eigenvalue weighted by atomic mass is 10.1. The summed E-state index contributed by atoms with van der Waals surface area (Å²) in [7, 11) is 0. The molecule has 1 saturated heterocycles. The molecule has 2 atom stereocenters. The van der Waals surface area contributed by atoms with Crippen molar-refractivity contribution in [2.45, 2.75) is 65.1 Å². The van der Waals surface area contributed by atoms with Gasteiger partial charge in [0.2, 0.25) is 5.91 Å². The first-order valence-corrected chi connectivity index (χ1v) is 11.3. The van der Waals surface area contributed by atoms with Crippen LogP contribution in [0.2, 0.25) is 0 Å². The van der Waals surface area contributed by atoms with Crippen molar-refractivity contribution in [3.63, 3.8) is 0 Å². The van der Waals surface area contributed by atoms with Gasteiger partial charge in [-0.05, 0) is 70.0 Å². The molecule has 4 rings (SSSR count). The normalized spacial score (nSPS) is 17.9. The van der Waals surface area contributed by atoms with Crippen LogP contribution in [0.4, 0.5) is 0 Å². The predicted molar refractivity (Wildman–Crippen MR) is 126 cm³/mol. The Labute approximate surface area is 189 Å². The minimum absolute atomic E-state index is 0.00184. The molecule has 32 heavy (non-hydrogen) atoms. The van der Waals surface area contributed by atoms with Gasteiger partial charge in [-0.1, -0.05) is 18.2 Å². The van der Waals surface area contributed by atoms with E-state index >= 15 is 0 Å². The van der Waals surface area contributed by atoms with Gasteiger partial charge in [0.1, 0.15) is 24.3 Å². The number of aryl methyl sites for hydroxylation is 2. The Morgan fingerprint density at radius 3 is 2.59 bits per heavy atom. The molecule has 0 saturated carbocycles. The molecular weight excluding hydrogens is 402 g/mol. The monoisotopic (exact) mass is 435 g/mol. The molecular formula is C26H33N3O3. The van der Waals surface area contributed by atoms with E-state index in [1.807, 2.05) is 54.3 Å². The zero-order valence-electron chi connectivity index (χ0n) is 19.6. The highest BCUT2D eigenvalue weighted by molar-refractivity contribution is 5.81. The van der Waals surface area contributed by atoms with Crippen molar-refractivity contribution >= 4 is 16.9 Å². The Morgan fingerprint density at radius 1 is 1.16 bits per heavy atom. The summed E-state index contributed by atoms with van der Waals surface area (Å²) in [5, 5.41) is 10.8. The Bertz CT molecular complexity index is 1130. The van der Waals surface area contributed by atoms with Gasteiger partial charge in [0.15, 0.2) is 0 Å². The number of para-hydroxylation sites is 2. The quantitative estimate of drug-likeness (QED) is 0.630. The minimum Gasteiger partial charge on any atom is -0.491 e. The van der Waals surface area contributed by atoms with Crippen molar-refractivity contribution in [2.24, 2.45) is 0 Å². The number of hydrogen-bond donors (Lipinski definition) is 1. The lowest BCUT2D eigenvalue weighted by Crippen LogP contribution is -2.42. The third-order valence-electron chi connectivity index (χ3n) is 6.30. The van der Waals surface area contributed by atoms with Crippen molar-refractivity contribution in [2.75, 3.05) is 13.2 Å². The van der Waals surface area contributed by atoms with Crippen LogP contribution < -0.4 is 4.74 Å². The summed E-state index contributed by atoms with van der Waals surface area (Å²) in [4.78, 5) is 19.5. The van der Waals surface area contributed by atoms with E-state index in [1.165, 1.54) is 5.56 Å². The van der Waals surface area contributed by atoms with Crippen LogP contribution in [0.15, 0.2) is 42.5 Å². The fourth-order valence-electron chi connectivity index (χ4n) is 4.39. The Kier molecular flexibility index (Phi) is 5.99. The first kappa shape index (κ1) is 22.3. The van der Waals surface area contributed by atoms with Crippen LogP contribution in [0.5, 0.6) is 5.75 Å². The van der Waals surface area contributed by atoms with Gasteiger partial charge in [-0.2, -0.15) is 0 Å². The van der Waals surface area contributed by atoms with Gasteiger partial charge >= 0.3 is 0 Å². The third kappa shape index (κ3) is 4.51. The molecule has 1 aliphatic rings. The van der Waals surface area contributed by atoms with E-state index in [0.29, 0.717) is 19.5 Å². The number of aliphatic hydroxyl groups is 1. The number of imidazole rings is 1. The van der Waals surface area contributed by atoms with Crippen molar-refractivity contribution in [3.05, 3.63) is 59.4 Å². The smallest absolute Gasteiger partial charge is 0.223 e. The SMILES string of the molecule is Cc1ccc(OCC(O)Cn2c(C3CC(=O)N(C(C)(C)C)C3)nc3ccccc32)cc1C. The largest absolute Gasteiger partial charge is 0.491 e. The van der Waals surface area contributed by atoms with Gasteiger partial charge in [-0.3, -0.25) is 4.79 Å². The molecule has 0 aliphatic carbocycles. The van der Waals surface area contributed by atoms with E-state index < -0.39 is 6.10 Å². The average Bonchev–Trinajstić information content (AvgIpc) is 3.30. The number of aromatic nitrogens is 2. The zero-order valence-corrected chi connectivity index (χ0v) is 19.6. The summed E-state index contributed by atoms with van der Waals surface area (Å²) >= 11 is 0. The maximum Gasteiger partial charge on any atom is 0.223 e. The van der Waals surface area contributed by atoms with Gasteiger partial charge in [0.05, 0.1) is 17.6 Å². The third-order valence-corrected chi connectivity index (χ3v) is 6.30. The van der Waals surface area contributed by atoms with Crippen molar-refractivity contribution < 1.29 is 14.6 Å². The van der Waals surface area contributed by atoms with Gasteiger partial charge in [-0.25, -0.2) is 4.98 Å². The second-order valence-electron chi connectivity index (χ2n) is 9.86. The van der Waals surface area contributed by atoms with E-state index in [1.54, 1.807) is 0 Å². The van der Waals surface area contributed by atoms with Crippen molar-refractivity contribution in [1.82, 2.24) is 14.5 Å². The topological polar surface area (TPSA) is 67.6 Å². The maximum absolute atomic E-state index is 12.7. The Morgan fingerprint density at radius 2 is 1.91 bits per heavy atom. The van der Waals surface area contributed by atoms with Crippen molar-refractivity contribution in [1.29, 1.82) is 0 Å². The van der Waals surface area contributed by atoms with Crippen LogP contribution >= 0.6 is 0 Å². The number of rotatable bonds is 6. The summed E-state index contributed by atoms with van der Waals surface area (Å²) < 4.78 is 7.93. The summed E-state index contributed by atoms with van der Waals surface area (Å²) in [6.45, 7) is 11.5. The number of benzene rings is 2. The molecule has 1 aromatic heterocycles. The highest BCUT2D eigenvalue weighted by Gasteiger charge is 2.39. The van der Waals surface area contributed by atoms with Crippen LogP contribution in [-0.2, 0) is 11.3 Å². The van der Waals surface area contributed by atoms with Crippen LogP contribution in [0, 0.1) is 13.8 Å². The number of hydrogen-bond acceptors (Lipinski definition) is 4. The zero-order chi connectivity index (χ0) is 23.0. The maximum atomic E-state index is 12.7. The van der Waals surface area contributed by atoms with Crippen molar-refractivity contribution in [3.8, 4) is 5.75 Å². The number of nitrogens with zero attached hydrogens (tertiary/aromatic N) is 3. The first-order chi connectivity index (χ1) is 15.1.